The van der Waals surface area contributed by atoms with E-state index in [1.54, 1.807) is 7.11 Å². The molecule has 0 bridgehead atoms. The Labute approximate surface area is 214 Å². The van der Waals surface area contributed by atoms with Crippen LogP contribution in [0.2, 0.25) is 0 Å². The summed E-state index contributed by atoms with van der Waals surface area (Å²) in [7, 11) is 1.62. The Bertz CT molecular complexity index is 1440. The number of hydrogen-bond donors (Lipinski definition) is 1. The maximum Gasteiger partial charge on any atom is 0.258 e. The molecule has 0 saturated carbocycles. The SMILES string of the molecule is COc1ccc(CC(=O)Nc2nc(-c3ccc4c(c3)CCN4C(=O)c3ccccc3C)c(C)s2)cc1. The lowest BCUT2D eigenvalue weighted by molar-refractivity contribution is -0.115. The minimum atomic E-state index is -0.111. The van der Waals surface area contributed by atoms with Crippen molar-refractivity contribution < 1.29 is 14.3 Å². The number of anilines is 2. The van der Waals surface area contributed by atoms with Gasteiger partial charge in [0, 0.05) is 28.2 Å². The van der Waals surface area contributed by atoms with Gasteiger partial charge in [0.1, 0.15) is 5.75 Å². The van der Waals surface area contributed by atoms with Crippen molar-refractivity contribution in [1.29, 1.82) is 0 Å². The second kappa shape index (κ2) is 9.95. The van der Waals surface area contributed by atoms with E-state index in [1.807, 2.05) is 79.4 Å². The Morgan fingerprint density at radius 2 is 1.83 bits per heavy atom. The van der Waals surface area contributed by atoms with E-state index in [0.717, 1.165) is 56.2 Å². The van der Waals surface area contributed by atoms with Crippen molar-refractivity contribution in [2.45, 2.75) is 26.7 Å². The van der Waals surface area contributed by atoms with Crippen LogP contribution in [-0.2, 0) is 17.6 Å². The van der Waals surface area contributed by atoms with E-state index in [1.165, 1.54) is 11.3 Å². The number of aromatic nitrogens is 1. The van der Waals surface area contributed by atoms with Crippen LogP contribution >= 0.6 is 11.3 Å². The second-order valence-electron chi connectivity index (χ2n) is 8.86. The number of methoxy groups -OCH3 is 1. The first-order chi connectivity index (χ1) is 17.4. The highest BCUT2D eigenvalue weighted by molar-refractivity contribution is 7.16. The largest absolute Gasteiger partial charge is 0.497 e. The van der Waals surface area contributed by atoms with E-state index in [0.29, 0.717) is 11.7 Å². The first kappa shape index (κ1) is 23.8. The third-order valence-corrected chi connectivity index (χ3v) is 7.32. The van der Waals surface area contributed by atoms with Crippen molar-refractivity contribution in [3.05, 3.63) is 93.9 Å². The molecule has 4 aromatic rings. The fourth-order valence-electron chi connectivity index (χ4n) is 4.53. The molecule has 0 fully saturated rings. The Kier molecular flexibility index (Phi) is 6.57. The summed E-state index contributed by atoms with van der Waals surface area (Å²) in [5.41, 5.74) is 6.55. The Hall–Kier alpha value is -3.97. The maximum atomic E-state index is 13.2. The van der Waals surface area contributed by atoms with E-state index >= 15 is 0 Å². The van der Waals surface area contributed by atoms with E-state index < -0.39 is 0 Å². The lowest BCUT2D eigenvalue weighted by atomic mass is 10.0. The first-order valence-electron chi connectivity index (χ1n) is 11.8. The van der Waals surface area contributed by atoms with Gasteiger partial charge >= 0.3 is 0 Å². The van der Waals surface area contributed by atoms with Gasteiger partial charge in [-0.2, -0.15) is 0 Å². The van der Waals surface area contributed by atoms with Gasteiger partial charge in [-0.3, -0.25) is 9.59 Å². The maximum absolute atomic E-state index is 13.2. The van der Waals surface area contributed by atoms with Crippen LogP contribution in [0.25, 0.3) is 11.3 Å². The van der Waals surface area contributed by atoms with Gasteiger partial charge in [0.05, 0.1) is 19.2 Å². The predicted octanol–water partition coefficient (Wildman–Crippen LogP) is 5.82. The van der Waals surface area contributed by atoms with Gasteiger partial charge < -0.3 is 15.0 Å². The quantitative estimate of drug-likeness (QED) is 0.364. The van der Waals surface area contributed by atoms with Crippen LogP contribution in [0, 0.1) is 13.8 Å². The van der Waals surface area contributed by atoms with Gasteiger partial charge in [-0.1, -0.05) is 36.4 Å². The normalized spacial score (nSPS) is 12.4. The van der Waals surface area contributed by atoms with Crippen LogP contribution in [0.1, 0.15) is 31.9 Å². The number of nitrogens with zero attached hydrogens (tertiary/aromatic N) is 2. The van der Waals surface area contributed by atoms with Gasteiger partial charge in [0.15, 0.2) is 5.13 Å². The number of nitrogens with one attached hydrogen (secondary N) is 1. The molecule has 2 heterocycles. The van der Waals surface area contributed by atoms with Crippen LogP contribution < -0.4 is 15.0 Å². The van der Waals surface area contributed by atoms with Crippen LogP contribution in [0.5, 0.6) is 5.75 Å². The summed E-state index contributed by atoms with van der Waals surface area (Å²) in [4.78, 5) is 33.4. The zero-order chi connectivity index (χ0) is 25.2. The Morgan fingerprint density at radius 1 is 1.06 bits per heavy atom. The van der Waals surface area contributed by atoms with Crippen LogP contribution in [0.15, 0.2) is 66.7 Å². The molecular formula is C29H27N3O3S. The van der Waals surface area contributed by atoms with E-state index in [-0.39, 0.29) is 18.2 Å². The highest BCUT2D eigenvalue weighted by Gasteiger charge is 2.27. The number of carbonyl (C=O) groups is 2. The fourth-order valence-corrected chi connectivity index (χ4v) is 5.38. The molecule has 0 spiro atoms. The van der Waals surface area contributed by atoms with E-state index in [4.69, 9.17) is 9.72 Å². The number of amides is 2. The Morgan fingerprint density at radius 3 is 2.58 bits per heavy atom. The van der Waals surface area contributed by atoms with E-state index in [2.05, 4.69) is 11.4 Å². The molecule has 1 aromatic heterocycles. The molecule has 6 nitrogen and oxygen atoms in total. The summed E-state index contributed by atoms with van der Waals surface area (Å²) in [6, 6.07) is 21.3. The summed E-state index contributed by atoms with van der Waals surface area (Å²) < 4.78 is 5.17. The van der Waals surface area contributed by atoms with Gasteiger partial charge in [0.2, 0.25) is 5.91 Å². The number of carbonyl (C=O) groups excluding carboxylic acids is 2. The standard InChI is InChI=1S/C29H27N3O3S/c1-18-6-4-5-7-24(18)28(34)32-15-14-21-17-22(10-13-25(21)32)27-19(2)36-29(31-27)30-26(33)16-20-8-11-23(35-3)12-9-20/h4-13,17H,14-16H2,1-3H3,(H,30,31,33). The molecule has 0 unspecified atom stereocenters. The summed E-state index contributed by atoms with van der Waals surface area (Å²) >= 11 is 1.46. The van der Waals surface area contributed by atoms with Crippen LogP contribution in [0.4, 0.5) is 10.8 Å². The van der Waals surface area contributed by atoms with Gasteiger partial charge in [0.25, 0.3) is 5.91 Å². The van der Waals surface area contributed by atoms with Crippen molar-refractivity contribution in [2.75, 3.05) is 23.9 Å². The highest BCUT2D eigenvalue weighted by Crippen LogP contribution is 2.36. The van der Waals surface area contributed by atoms with Crippen molar-refractivity contribution in [3.63, 3.8) is 0 Å². The zero-order valence-corrected chi connectivity index (χ0v) is 21.3. The molecule has 2 amide bonds. The smallest absolute Gasteiger partial charge is 0.258 e. The average molecular weight is 498 g/mol. The average Bonchev–Trinajstić information content (AvgIpc) is 3.46. The summed E-state index contributed by atoms with van der Waals surface area (Å²) in [6.45, 7) is 4.63. The molecule has 0 radical (unpaired) electrons. The summed E-state index contributed by atoms with van der Waals surface area (Å²) in [5.74, 6) is 0.683. The highest BCUT2D eigenvalue weighted by atomic mass is 32.1. The van der Waals surface area contributed by atoms with Crippen molar-refractivity contribution in [3.8, 4) is 17.0 Å². The Balaban J connectivity index is 1.31. The van der Waals surface area contributed by atoms with E-state index in [9.17, 15) is 9.59 Å². The number of fused-ring (bicyclic) bond motifs is 1. The molecule has 3 aromatic carbocycles. The molecule has 0 aliphatic carbocycles. The number of benzene rings is 3. The van der Waals surface area contributed by atoms with Gasteiger partial charge in [-0.15, -0.1) is 11.3 Å². The third kappa shape index (κ3) is 4.75. The molecule has 1 N–H and O–H groups in total. The number of rotatable bonds is 6. The van der Waals surface area contributed by atoms with Crippen LogP contribution in [0.3, 0.4) is 0 Å². The lowest BCUT2D eigenvalue weighted by Gasteiger charge is -2.18. The van der Waals surface area contributed by atoms with Crippen molar-refractivity contribution in [1.82, 2.24) is 4.98 Å². The van der Waals surface area contributed by atoms with Gasteiger partial charge in [-0.25, -0.2) is 4.98 Å². The second-order valence-corrected chi connectivity index (χ2v) is 10.1. The molecular weight excluding hydrogens is 470 g/mol. The third-order valence-electron chi connectivity index (χ3n) is 6.44. The molecule has 5 rings (SSSR count). The van der Waals surface area contributed by atoms with Crippen LogP contribution in [-0.4, -0.2) is 30.5 Å². The number of thiazole rings is 1. The molecule has 36 heavy (non-hydrogen) atoms. The number of hydrogen-bond acceptors (Lipinski definition) is 5. The summed E-state index contributed by atoms with van der Waals surface area (Å²) in [6.07, 6.45) is 1.07. The van der Waals surface area contributed by atoms with Crippen molar-refractivity contribution >= 4 is 34.0 Å². The molecule has 0 atom stereocenters. The minimum absolute atomic E-state index is 0.0336. The number of aryl methyl sites for hydroxylation is 2. The topological polar surface area (TPSA) is 71.5 Å². The molecule has 182 valence electrons. The predicted molar refractivity (Wildman–Crippen MR) is 144 cm³/mol. The monoisotopic (exact) mass is 497 g/mol. The molecule has 0 saturated heterocycles. The molecule has 7 heteroatoms. The fraction of sp³-hybridized carbons (Fsp3) is 0.207. The molecule has 1 aliphatic rings. The first-order valence-corrected chi connectivity index (χ1v) is 12.7. The van der Waals surface area contributed by atoms with Gasteiger partial charge in [-0.05, 0) is 67.3 Å². The zero-order valence-electron chi connectivity index (χ0n) is 20.5. The van der Waals surface area contributed by atoms with Crippen molar-refractivity contribution in [2.24, 2.45) is 0 Å². The minimum Gasteiger partial charge on any atom is -0.497 e. The number of ether oxygens (including phenoxy) is 1. The molecule has 1 aliphatic heterocycles. The lowest BCUT2D eigenvalue weighted by Crippen LogP contribution is -2.29. The summed E-state index contributed by atoms with van der Waals surface area (Å²) in [5, 5.41) is 3.51.